The van der Waals surface area contributed by atoms with Crippen LogP contribution in [-0.2, 0) is 4.79 Å². The summed E-state index contributed by atoms with van der Waals surface area (Å²) in [5.41, 5.74) is 0.721. The van der Waals surface area contributed by atoms with Crippen molar-refractivity contribution in [1.29, 1.82) is 0 Å². The molecule has 0 bridgehead atoms. The molecule has 0 saturated heterocycles. The zero-order chi connectivity index (χ0) is 20.1. The van der Waals surface area contributed by atoms with E-state index in [0.29, 0.717) is 30.1 Å². The molecule has 0 N–H and O–H groups in total. The number of benzene rings is 1. The van der Waals surface area contributed by atoms with Crippen molar-refractivity contribution in [3.63, 3.8) is 0 Å². The van der Waals surface area contributed by atoms with E-state index in [1.165, 1.54) is 6.07 Å². The third-order valence-corrected chi connectivity index (χ3v) is 6.85. The Labute approximate surface area is 164 Å². The number of fused-ring (bicyclic) bond motifs is 2. The lowest BCUT2D eigenvalue weighted by atomic mass is 9.49. The van der Waals surface area contributed by atoms with E-state index in [2.05, 4.69) is 39.5 Å². The first-order valence-electron chi connectivity index (χ1n) is 9.79. The first-order chi connectivity index (χ1) is 13.2. The highest BCUT2D eigenvalue weighted by atomic mass is 16.5. The Kier molecular flexibility index (Phi) is 4.33. The summed E-state index contributed by atoms with van der Waals surface area (Å²) in [5, 5.41) is 0.858. The van der Waals surface area contributed by atoms with Crippen molar-refractivity contribution in [1.82, 2.24) is 0 Å². The summed E-state index contributed by atoms with van der Waals surface area (Å²) < 4.78 is 11.4. The van der Waals surface area contributed by atoms with E-state index in [9.17, 15) is 9.59 Å². The quantitative estimate of drug-likeness (QED) is 0.711. The summed E-state index contributed by atoms with van der Waals surface area (Å²) >= 11 is 0. The van der Waals surface area contributed by atoms with Gasteiger partial charge < -0.3 is 9.15 Å². The van der Waals surface area contributed by atoms with E-state index in [1.54, 1.807) is 12.1 Å². The molecule has 0 radical (unpaired) electrons. The minimum absolute atomic E-state index is 0.0767. The topological polar surface area (TPSA) is 56.5 Å². The molecule has 0 aliphatic heterocycles. The molecule has 2 aromatic rings. The van der Waals surface area contributed by atoms with Crippen molar-refractivity contribution >= 4 is 16.8 Å². The van der Waals surface area contributed by atoms with Crippen molar-refractivity contribution in [3.05, 3.63) is 65.1 Å². The molecule has 4 nitrogen and oxygen atoms in total. The summed E-state index contributed by atoms with van der Waals surface area (Å²) in [6.07, 6.45) is 5.66. The van der Waals surface area contributed by atoms with Crippen molar-refractivity contribution < 1.29 is 13.9 Å². The zero-order valence-electron chi connectivity index (χ0n) is 16.7. The summed E-state index contributed by atoms with van der Waals surface area (Å²) in [5.74, 6) is 1.27. The van der Waals surface area contributed by atoms with Crippen LogP contribution in [0.4, 0.5) is 0 Å². The molecule has 2 aliphatic rings. The van der Waals surface area contributed by atoms with E-state index >= 15 is 0 Å². The highest BCUT2D eigenvalue weighted by Gasteiger charge is 2.54. The van der Waals surface area contributed by atoms with Gasteiger partial charge in [-0.05, 0) is 41.5 Å². The summed E-state index contributed by atoms with van der Waals surface area (Å²) in [6, 6.07) is 8.68. The Morgan fingerprint density at radius 3 is 2.71 bits per heavy atom. The zero-order valence-corrected chi connectivity index (χ0v) is 16.7. The fraction of sp³-hybridized carbons (Fsp3) is 0.417. The standard InChI is InChI=1S/C24H26O4/c1-15-5-9-20-23(2,3)21(25)11-12-24(20,4)18(15)14-27-17-8-6-16-7-10-22(26)28-19(16)13-17/h5-10,13,18,20H,1,11-12,14H2,2-4H3/t18-,20+,24-/m1/s1. The maximum absolute atomic E-state index is 12.5. The third kappa shape index (κ3) is 2.92. The number of hydrogen-bond acceptors (Lipinski definition) is 4. The number of hydrogen-bond donors (Lipinski definition) is 0. The second-order valence-corrected chi connectivity index (χ2v) is 8.88. The molecule has 3 atom stereocenters. The monoisotopic (exact) mass is 378 g/mol. The highest BCUT2D eigenvalue weighted by Crippen LogP contribution is 2.57. The van der Waals surface area contributed by atoms with Crippen molar-refractivity contribution in [3.8, 4) is 5.75 Å². The molecule has 2 aliphatic carbocycles. The number of ether oxygens (including phenoxy) is 1. The fourth-order valence-electron chi connectivity index (χ4n) is 5.08. The normalized spacial score (nSPS) is 29.0. The molecule has 1 heterocycles. The molecule has 0 unspecified atom stereocenters. The molecule has 1 saturated carbocycles. The molecule has 1 aromatic heterocycles. The minimum atomic E-state index is -0.380. The lowest BCUT2D eigenvalue weighted by molar-refractivity contribution is -0.139. The molecule has 1 aromatic carbocycles. The third-order valence-electron chi connectivity index (χ3n) is 6.85. The molecule has 4 heteroatoms. The Morgan fingerprint density at radius 2 is 1.93 bits per heavy atom. The second kappa shape index (κ2) is 6.47. The van der Waals surface area contributed by atoms with Crippen molar-refractivity contribution in [2.24, 2.45) is 22.7 Å². The molecule has 146 valence electrons. The highest BCUT2D eigenvalue weighted by molar-refractivity contribution is 5.86. The number of carbonyl (C=O) groups is 1. The number of carbonyl (C=O) groups excluding carboxylic acids is 1. The second-order valence-electron chi connectivity index (χ2n) is 8.88. The smallest absolute Gasteiger partial charge is 0.336 e. The Hall–Kier alpha value is -2.62. The predicted octanol–water partition coefficient (Wildman–Crippen LogP) is 4.93. The van der Waals surface area contributed by atoms with Gasteiger partial charge in [0.1, 0.15) is 17.1 Å². The van der Waals surface area contributed by atoms with Gasteiger partial charge in [-0.3, -0.25) is 4.79 Å². The largest absolute Gasteiger partial charge is 0.493 e. The van der Waals surface area contributed by atoms with Gasteiger partial charge in [0.25, 0.3) is 0 Å². The predicted molar refractivity (Wildman–Crippen MR) is 109 cm³/mol. The number of allylic oxidation sites excluding steroid dienone is 2. The van der Waals surface area contributed by atoms with Gasteiger partial charge in [0.15, 0.2) is 0 Å². The molecular formula is C24H26O4. The van der Waals surface area contributed by atoms with Crippen molar-refractivity contribution in [2.45, 2.75) is 33.6 Å². The Morgan fingerprint density at radius 1 is 1.18 bits per heavy atom. The molecule has 0 spiro atoms. The van der Waals surface area contributed by atoms with E-state index in [4.69, 9.17) is 9.15 Å². The molecule has 28 heavy (non-hydrogen) atoms. The van der Waals surface area contributed by atoms with E-state index < -0.39 is 0 Å². The lowest BCUT2D eigenvalue weighted by Crippen LogP contribution is -2.52. The van der Waals surface area contributed by atoms with Crippen LogP contribution in [0.5, 0.6) is 5.75 Å². The Bertz CT molecular complexity index is 1040. The average molecular weight is 378 g/mol. The number of Topliss-reactive ketones (excluding diaryl/α,β-unsaturated/α-hetero) is 1. The van der Waals surface area contributed by atoms with Gasteiger partial charge in [0.05, 0.1) is 6.61 Å². The van der Waals surface area contributed by atoms with E-state index in [0.717, 1.165) is 17.4 Å². The van der Waals surface area contributed by atoms with Gasteiger partial charge in [-0.1, -0.05) is 39.5 Å². The van der Waals surface area contributed by atoms with Crippen LogP contribution in [0.1, 0.15) is 33.6 Å². The van der Waals surface area contributed by atoms with Gasteiger partial charge in [-0.25, -0.2) is 4.79 Å². The van der Waals surface area contributed by atoms with Crippen LogP contribution in [0.15, 0.2) is 63.8 Å². The summed E-state index contributed by atoms with van der Waals surface area (Å²) in [6.45, 7) is 11.1. The molecule has 0 amide bonds. The number of ketones is 1. The maximum Gasteiger partial charge on any atom is 0.336 e. The molecule has 4 rings (SSSR count). The first kappa shape index (κ1) is 18.7. The van der Waals surface area contributed by atoms with Gasteiger partial charge in [0.2, 0.25) is 0 Å². The van der Waals surface area contributed by atoms with Crippen LogP contribution in [-0.4, -0.2) is 12.4 Å². The molecular weight excluding hydrogens is 352 g/mol. The van der Waals surface area contributed by atoms with Crippen molar-refractivity contribution in [2.75, 3.05) is 6.61 Å². The van der Waals surface area contributed by atoms with Crippen LogP contribution in [0, 0.1) is 22.7 Å². The van der Waals surface area contributed by atoms with Crippen LogP contribution >= 0.6 is 0 Å². The first-order valence-corrected chi connectivity index (χ1v) is 9.79. The summed E-state index contributed by atoms with van der Waals surface area (Å²) in [4.78, 5) is 24.0. The van der Waals surface area contributed by atoms with E-state index in [-0.39, 0.29) is 28.3 Å². The van der Waals surface area contributed by atoms with E-state index in [1.807, 2.05) is 12.1 Å². The summed E-state index contributed by atoms with van der Waals surface area (Å²) in [7, 11) is 0. The lowest BCUT2D eigenvalue weighted by Gasteiger charge is -2.54. The van der Waals surface area contributed by atoms with Gasteiger partial charge >= 0.3 is 5.63 Å². The van der Waals surface area contributed by atoms with Gasteiger partial charge in [-0.15, -0.1) is 0 Å². The maximum atomic E-state index is 12.5. The SMILES string of the molecule is C=C1C=C[C@H]2C(C)(C)C(=O)CC[C@]2(C)[C@@H]1COc1ccc2ccc(=O)oc2c1. The van der Waals surface area contributed by atoms with Gasteiger partial charge in [-0.2, -0.15) is 0 Å². The number of rotatable bonds is 3. The van der Waals surface area contributed by atoms with Crippen LogP contribution in [0.25, 0.3) is 11.0 Å². The molecule has 1 fully saturated rings. The minimum Gasteiger partial charge on any atom is -0.493 e. The Balaban J connectivity index is 1.60. The van der Waals surface area contributed by atoms with Crippen LogP contribution < -0.4 is 10.4 Å². The van der Waals surface area contributed by atoms with Crippen LogP contribution in [0.2, 0.25) is 0 Å². The van der Waals surface area contributed by atoms with Crippen LogP contribution in [0.3, 0.4) is 0 Å². The average Bonchev–Trinajstić information content (AvgIpc) is 2.64. The van der Waals surface area contributed by atoms with Gasteiger partial charge in [0, 0.05) is 35.3 Å². The fourth-order valence-corrected chi connectivity index (χ4v) is 5.08.